The molecule has 20 heavy (non-hydrogen) atoms. The number of carbonyl (C=O) groups excluding carboxylic acids is 1. The van der Waals surface area contributed by atoms with Crippen LogP contribution in [0.1, 0.15) is 26.3 Å². The molecule has 0 aliphatic heterocycles. The summed E-state index contributed by atoms with van der Waals surface area (Å²) in [5.74, 6) is -0.327. The zero-order chi connectivity index (χ0) is 15.4. The lowest BCUT2D eigenvalue weighted by Gasteiger charge is -2.24. The maximum atomic E-state index is 11.9. The molecule has 0 radical (unpaired) electrons. The van der Waals surface area contributed by atoms with E-state index >= 15 is 0 Å². The van der Waals surface area contributed by atoms with E-state index in [0.717, 1.165) is 16.1 Å². The summed E-state index contributed by atoms with van der Waals surface area (Å²) >= 11 is 0. The first-order chi connectivity index (χ1) is 9.08. The normalized spacial score (nSPS) is 12.4. The van der Waals surface area contributed by atoms with Gasteiger partial charge < -0.3 is 5.32 Å². The minimum Gasteiger partial charge on any atom is -0.350 e. The van der Waals surface area contributed by atoms with Crippen molar-refractivity contribution in [1.82, 2.24) is 14.6 Å². The molecule has 0 saturated carbocycles. The second-order valence-electron chi connectivity index (χ2n) is 5.69. The van der Waals surface area contributed by atoms with E-state index in [1.54, 1.807) is 24.5 Å². The van der Waals surface area contributed by atoms with Gasteiger partial charge in [-0.05, 0) is 32.4 Å². The molecular formula is C13H21N3O3S. The Balaban J connectivity index is 2.79. The molecule has 0 aromatic carbocycles. The van der Waals surface area contributed by atoms with E-state index < -0.39 is 15.6 Å². The van der Waals surface area contributed by atoms with Crippen molar-refractivity contribution in [3.63, 3.8) is 0 Å². The molecule has 1 amide bonds. The zero-order valence-electron chi connectivity index (χ0n) is 12.3. The number of amides is 1. The minimum absolute atomic E-state index is 0.129. The highest BCUT2D eigenvalue weighted by atomic mass is 32.2. The van der Waals surface area contributed by atoms with Crippen LogP contribution in [0.15, 0.2) is 24.5 Å². The molecule has 1 aromatic rings. The van der Waals surface area contributed by atoms with Gasteiger partial charge in [-0.15, -0.1) is 0 Å². The Morgan fingerprint density at radius 1 is 1.40 bits per heavy atom. The van der Waals surface area contributed by atoms with Gasteiger partial charge in [-0.3, -0.25) is 9.78 Å². The average molecular weight is 299 g/mol. The van der Waals surface area contributed by atoms with Crippen LogP contribution < -0.4 is 5.32 Å². The van der Waals surface area contributed by atoms with Gasteiger partial charge in [0.05, 0.1) is 12.8 Å². The monoisotopic (exact) mass is 299 g/mol. The number of nitrogens with one attached hydrogen (secondary N) is 1. The molecule has 1 aromatic heterocycles. The zero-order valence-corrected chi connectivity index (χ0v) is 13.1. The van der Waals surface area contributed by atoms with Gasteiger partial charge in [0.1, 0.15) is 0 Å². The Bertz CT molecular complexity index is 550. The van der Waals surface area contributed by atoms with Gasteiger partial charge in [-0.1, -0.05) is 6.07 Å². The summed E-state index contributed by atoms with van der Waals surface area (Å²) in [5.41, 5.74) is 0.343. The Hall–Kier alpha value is -1.47. The smallest absolute Gasteiger partial charge is 0.235 e. The molecule has 0 spiro atoms. The maximum Gasteiger partial charge on any atom is 0.235 e. The van der Waals surface area contributed by atoms with E-state index in [4.69, 9.17) is 0 Å². The van der Waals surface area contributed by atoms with E-state index in [2.05, 4.69) is 10.3 Å². The van der Waals surface area contributed by atoms with E-state index in [0.29, 0.717) is 0 Å². The van der Waals surface area contributed by atoms with Crippen molar-refractivity contribution in [2.24, 2.45) is 0 Å². The van der Waals surface area contributed by atoms with Crippen LogP contribution in [0.2, 0.25) is 0 Å². The summed E-state index contributed by atoms with van der Waals surface area (Å²) in [5, 5.41) is 2.75. The third-order valence-corrected chi connectivity index (χ3v) is 3.58. The lowest BCUT2D eigenvalue weighted by molar-refractivity contribution is -0.122. The van der Waals surface area contributed by atoms with Crippen LogP contribution in [0.25, 0.3) is 0 Å². The lowest BCUT2D eigenvalue weighted by Crippen LogP contribution is -2.46. The minimum atomic E-state index is -3.47. The molecule has 0 aliphatic rings. The third kappa shape index (κ3) is 6.12. The van der Waals surface area contributed by atoms with E-state index in [1.165, 1.54) is 0 Å². The summed E-state index contributed by atoms with van der Waals surface area (Å²) in [6.45, 7) is 5.46. The predicted molar refractivity (Wildman–Crippen MR) is 77.4 cm³/mol. The van der Waals surface area contributed by atoms with Crippen molar-refractivity contribution in [2.75, 3.05) is 12.8 Å². The fraction of sp³-hybridized carbons (Fsp3) is 0.538. The number of hydrogen-bond acceptors (Lipinski definition) is 4. The highest BCUT2D eigenvalue weighted by Crippen LogP contribution is 2.07. The number of nitrogens with zero attached hydrogens (tertiary/aromatic N) is 2. The number of rotatable bonds is 5. The van der Waals surface area contributed by atoms with Gasteiger partial charge in [0.2, 0.25) is 15.9 Å². The van der Waals surface area contributed by atoms with Crippen molar-refractivity contribution in [2.45, 2.75) is 32.9 Å². The Kier molecular flexibility index (Phi) is 5.24. The molecule has 1 heterocycles. The first kappa shape index (κ1) is 16.6. The van der Waals surface area contributed by atoms with Crippen molar-refractivity contribution in [1.29, 1.82) is 0 Å². The molecule has 112 valence electrons. The van der Waals surface area contributed by atoms with Crippen molar-refractivity contribution in [3.05, 3.63) is 30.1 Å². The molecule has 1 rings (SSSR count). The SMILES string of the molecule is CC(C)(C)NC(=O)CN(Cc1cccnc1)S(C)(=O)=O. The quantitative estimate of drug-likeness (QED) is 0.870. The number of aromatic nitrogens is 1. The van der Waals surface area contributed by atoms with Crippen molar-refractivity contribution in [3.8, 4) is 0 Å². The van der Waals surface area contributed by atoms with Crippen LogP contribution >= 0.6 is 0 Å². The highest BCUT2D eigenvalue weighted by Gasteiger charge is 2.22. The predicted octanol–water partition coefficient (Wildman–Crippen LogP) is 0.758. The molecule has 0 bridgehead atoms. The number of carbonyl (C=O) groups is 1. The Labute approximate surface area is 120 Å². The van der Waals surface area contributed by atoms with Crippen molar-refractivity contribution >= 4 is 15.9 Å². The summed E-state index contributed by atoms with van der Waals surface area (Å²) in [4.78, 5) is 15.8. The average Bonchev–Trinajstić information content (AvgIpc) is 2.25. The van der Waals surface area contributed by atoms with E-state index in [1.807, 2.05) is 20.8 Å². The molecular weight excluding hydrogens is 278 g/mol. The summed E-state index contributed by atoms with van der Waals surface area (Å²) < 4.78 is 24.7. The Morgan fingerprint density at radius 3 is 2.50 bits per heavy atom. The fourth-order valence-corrected chi connectivity index (χ4v) is 2.34. The Morgan fingerprint density at radius 2 is 2.05 bits per heavy atom. The standard InChI is InChI=1S/C13H21N3O3S/c1-13(2,3)15-12(17)10-16(20(4,18)19)9-11-6-5-7-14-8-11/h5-8H,9-10H2,1-4H3,(H,15,17). The van der Waals surface area contributed by atoms with Crippen LogP contribution in [-0.2, 0) is 21.4 Å². The number of sulfonamides is 1. The summed E-state index contributed by atoms with van der Waals surface area (Å²) in [6, 6.07) is 3.50. The van der Waals surface area contributed by atoms with Gasteiger partial charge in [0, 0.05) is 24.5 Å². The fourth-order valence-electron chi connectivity index (χ4n) is 1.60. The topological polar surface area (TPSA) is 79.4 Å². The first-order valence-electron chi connectivity index (χ1n) is 6.23. The second-order valence-corrected chi connectivity index (χ2v) is 7.67. The molecule has 0 unspecified atom stereocenters. The van der Waals surface area contributed by atoms with E-state index in [9.17, 15) is 13.2 Å². The van der Waals surface area contributed by atoms with Gasteiger partial charge in [0.15, 0.2) is 0 Å². The van der Waals surface area contributed by atoms with Crippen molar-refractivity contribution < 1.29 is 13.2 Å². The molecule has 6 nitrogen and oxygen atoms in total. The first-order valence-corrected chi connectivity index (χ1v) is 8.08. The molecule has 0 fully saturated rings. The van der Waals surface area contributed by atoms with Gasteiger partial charge in [-0.25, -0.2) is 8.42 Å². The van der Waals surface area contributed by atoms with Gasteiger partial charge >= 0.3 is 0 Å². The largest absolute Gasteiger partial charge is 0.350 e. The maximum absolute atomic E-state index is 11.9. The number of hydrogen-bond donors (Lipinski definition) is 1. The van der Waals surface area contributed by atoms with Crippen LogP contribution in [0.4, 0.5) is 0 Å². The molecule has 1 N–H and O–H groups in total. The van der Waals surface area contributed by atoms with Crippen LogP contribution in [-0.4, -0.2) is 42.0 Å². The summed E-state index contributed by atoms with van der Waals surface area (Å²) in [6.07, 6.45) is 4.29. The second kappa shape index (κ2) is 6.32. The van der Waals surface area contributed by atoms with Crippen LogP contribution in [0, 0.1) is 0 Å². The highest BCUT2D eigenvalue weighted by molar-refractivity contribution is 7.88. The van der Waals surface area contributed by atoms with E-state index in [-0.39, 0.29) is 19.0 Å². The molecule has 0 atom stereocenters. The third-order valence-electron chi connectivity index (χ3n) is 2.39. The lowest BCUT2D eigenvalue weighted by atomic mass is 10.1. The molecule has 0 saturated heterocycles. The molecule has 7 heteroatoms. The molecule has 0 aliphatic carbocycles. The number of pyridine rings is 1. The van der Waals surface area contributed by atoms with Gasteiger partial charge in [-0.2, -0.15) is 4.31 Å². The van der Waals surface area contributed by atoms with Crippen LogP contribution in [0.5, 0.6) is 0 Å². The van der Waals surface area contributed by atoms with Crippen LogP contribution in [0.3, 0.4) is 0 Å². The van der Waals surface area contributed by atoms with Gasteiger partial charge in [0.25, 0.3) is 0 Å². The summed E-state index contributed by atoms with van der Waals surface area (Å²) in [7, 11) is -3.47.